The number of rotatable bonds is 6. The number of fused-ring (bicyclic) bond motifs is 1. The molecule has 2 heterocycles. The lowest BCUT2D eigenvalue weighted by Crippen LogP contribution is -2.32. The smallest absolute Gasteiger partial charge is 0.246 e. The third-order valence-electron chi connectivity index (χ3n) is 6.35. The van der Waals surface area contributed by atoms with Gasteiger partial charge in [-0.05, 0) is 61.1 Å². The molecule has 1 saturated heterocycles. The zero-order chi connectivity index (χ0) is 23.7. The molecule has 5 nitrogen and oxygen atoms in total. The van der Waals surface area contributed by atoms with Crippen molar-refractivity contribution >= 4 is 40.0 Å². The highest BCUT2D eigenvalue weighted by atomic mass is 35.5. The van der Waals surface area contributed by atoms with Gasteiger partial charge in [-0.3, -0.25) is 4.79 Å². The van der Waals surface area contributed by atoms with Crippen LogP contribution in [0.15, 0.2) is 43.1 Å². The summed E-state index contributed by atoms with van der Waals surface area (Å²) >= 11 is 13.3. The number of ether oxygens (including phenoxy) is 1. The van der Waals surface area contributed by atoms with E-state index >= 15 is 0 Å². The molecule has 0 N–H and O–H groups in total. The average Bonchev–Trinajstić information content (AvgIpc) is 3.18. The number of methoxy groups -OCH3 is 1. The first kappa shape index (κ1) is 23.5. The van der Waals surface area contributed by atoms with Crippen molar-refractivity contribution in [1.82, 2.24) is 14.9 Å². The second-order valence-corrected chi connectivity index (χ2v) is 9.26. The van der Waals surface area contributed by atoms with Gasteiger partial charge in [0.15, 0.2) is 0 Å². The molecule has 2 aromatic carbocycles. The number of benzene rings is 2. The molecule has 0 spiro atoms. The fourth-order valence-corrected chi connectivity index (χ4v) is 5.40. The van der Waals surface area contributed by atoms with Gasteiger partial charge in [0.05, 0.1) is 22.7 Å². The molecule has 172 valence electrons. The summed E-state index contributed by atoms with van der Waals surface area (Å²) in [7, 11) is 1.60. The minimum Gasteiger partial charge on any atom is -0.495 e. The van der Waals surface area contributed by atoms with Crippen LogP contribution in [0.5, 0.6) is 5.75 Å². The summed E-state index contributed by atoms with van der Waals surface area (Å²) in [6.07, 6.45) is 5.67. The number of aromatic nitrogens is 2. The van der Waals surface area contributed by atoms with E-state index in [0.29, 0.717) is 28.3 Å². The van der Waals surface area contributed by atoms with Crippen molar-refractivity contribution in [2.24, 2.45) is 5.92 Å². The maximum absolute atomic E-state index is 12.0. The topological polar surface area (TPSA) is 55.3 Å². The molecule has 7 heteroatoms. The fraction of sp³-hybridized carbons (Fsp3) is 0.346. The van der Waals surface area contributed by atoms with Crippen molar-refractivity contribution in [2.45, 2.75) is 39.2 Å². The molecule has 33 heavy (non-hydrogen) atoms. The largest absolute Gasteiger partial charge is 0.495 e. The van der Waals surface area contributed by atoms with Gasteiger partial charge < -0.3 is 9.64 Å². The number of hydrogen-bond acceptors (Lipinski definition) is 4. The van der Waals surface area contributed by atoms with E-state index in [1.807, 2.05) is 42.3 Å². The van der Waals surface area contributed by atoms with Gasteiger partial charge in [-0.25, -0.2) is 9.97 Å². The van der Waals surface area contributed by atoms with Crippen LogP contribution in [0.3, 0.4) is 0 Å². The van der Waals surface area contributed by atoms with Gasteiger partial charge in [0.25, 0.3) is 0 Å². The number of carbonyl (C=O) groups excluding carboxylic acids is 1. The fourth-order valence-electron chi connectivity index (χ4n) is 4.62. The molecular weight excluding hydrogens is 457 g/mol. The first-order valence-corrected chi connectivity index (χ1v) is 11.9. The number of carbonyl (C=O) groups is 1. The molecule has 0 unspecified atom stereocenters. The lowest BCUT2D eigenvalue weighted by molar-refractivity contribution is -0.126. The van der Waals surface area contributed by atoms with Crippen LogP contribution in [0.1, 0.15) is 31.7 Å². The van der Waals surface area contributed by atoms with Gasteiger partial charge in [0.1, 0.15) is 11.6 Å². The molecule has 1 amide bonds. The van der Waals surface area contributed by atoms with Gasteiger partial charge in [-0.1, -0.05) is 42.8 Å². The molecule has 3 aromatic rings. The Labute approximate surface area is 204 Å². The number of aryl methyl sites for hydroxylation is 1. The Kier molecular flexibility index (Phi) is 6.91. The lowest BCUT2D eigenvalue weighted by atomic mass is 9.99. The van der Waals surface area contributed by atoms with Crippen molar-refractivity contribution in [3.63, 3.8) is 0 Å². The number of nitrogens with zero attached hydrogens (tertiary/aromatic N) is 3. The number of halogens is 2. The van der Waals surface area contributed by atoms with Crippen molar-refractivity contribution in [1.29, 1.82) is 0 Å². The van der Waals surface area contributed by atoms with Crippen LogP contribution in [0.4, 0.5) is 0 Å². The number of likely N-dealkylation sites (tertiary alicyclic amines) is 1. The summed E-state index contributed by atoms with van der Waals surface area (Å²) in [5.74, 6) is 1.71. The first-order valence-electron chi connectivity index (χ1n) is 11.1. The van der Waals surface area contributed by atoms with Crippen LogP contribution in [0.2, 0.25) is 10.0 Å². The second-order valence-electron chi connectivity index (χ2n) is 8.50. The number of hydrogen-bond donors (Lipinski definition) is 0. The van der Waals surface area contributed by atoms with Gasteiger partial charge >= 0.3 is 0 Å². The van der Waals surface area contributed by atoms with E-state index in [0.717, 1.165) is 52.7 Å². The molecule has 1 aliphatic rings. The number of amides is 1. The van der Waals surface area contributed by atoms with E-state index in [-0.39, 0.29) is 11.9 Å². The minimum atomic E-state index is -0.0157. The molecular formula is C26H27Cl2N3O2. The Morgan fingerprint density at radius 1 is 1.30 bits per heavy atom. The van der Waals surface area contributed by atoms with E-state index in [9.17, 15) is 4.79 Å². The first-order chi connectivity index (χ1) is 15.9. The maximum Gasteiger partial charge on any atom is 0.246 e. The molecule has 4 rings (SSSR count). The molecule has 0 saturated carbocycles. The molecule has 1 fully saturated rings. The summed E-state index contributed by atoms with van der Waals surface area (Å²) in [6, 6.07) is 8.05. The third-order valence-corrected chi connectivity index (χ3v) is 7.16. The van der Waals surface area contributed by atoms with Crippen molar-refractivity contribution in [2.75, 3.05) is 13.7 Å². The standard InChI is InChI=1S/C26H27Cl2N3O2/c1-5-17-12-21(33-4)26(28)24(25(17)27)18-7-8-20-19(11-18)13-29-22(30-20)10-16-9-15(3)31(14-16)23(32)6-2/h6-8,11-13,15-16H,2,5,9-10,14H2,1,3-4H3/t15-,16-/m1/s1. The Morgan fingerprint density at radius 3 is 2.79 bits per heavy atom. The normalized spacial score (nSPS) is 18.0. The van der Waals surface area contributed by atoms with Gasteiger partial charge in [0.2, 0.25) is 5.91 Å². The SMILES string of the molecule is C=CC(=O)N1C[C@@H](Cc2ncc3cc(-c4c(Cl)c(CC)cc(OC)c4Cl)ccc3n2)C[C@H]1C. The van der Waals surface area contributed by atoms with E-state index in [4.69, 9.17) is 32.9 Å². The van der Waals surface area contributed by atoms with E-state index in [1.54, 1.807) is 7.11 Å². The van der Waals surface area contributed by atoms with Crippen molar-refractivity contribution in [3.8, 4) is 16.9 Å². The lowest BCUT2D eigenvalue weighted by Gasteiger charge is -2.19. The van der Waals surface area contributed by atoms with Crippen LogP contribution in [-0.2, 0) is 17.6 Å². The van der Waals surface area contributed by atoms with E-state index in [2.05, 4.69) is 18.5 Å². The zero-order valence-electron chi connectivity index (χ0n) is 19.1. The Morgan fingerprint density at radius 2 is 2.09 bits per heavy atom. The summed E-state index contributed by atoms with van der Waals surface area (Å²) in [5, 5.41) is 2.03. The van der Waals surface area contributed by atoms with Crippen LogP contribution >= 0.6 is 23.2 Å². The van der Waals surface area contributed by atoms with E-state index in [1.165, 1.54) is 6.08 Å². The summed E-state index contributed by atoms with van der Waals surface area (Å²) in [5.41, 5.74) is 3.49. The molecule has 1 aromatic heterocycles. The predicted molar refractivity (Wildman–Crippen MR) is 134 cm³/mol. The molecule has 0 aliphatic carbocycles. The summed E-state index contributed by atoms with van der Waals surface area (Å²) in [4.78, 5) is 23.3. The highest BCUT2D eigenvalue weighted by Gasteiger charge is 2.31. The molecule has 0 bridgehead atoms. The predicted octanol–water partition coefficient (Wildman–Crippen LogP) is 6.14. The van der Waals surface area contributed by atoms with Crippen LogP contribution in [0, 0.1) is 5.92 Å². The van der Waals surface area contributed by atoms with Gasteiger partial charge in [0, 0.05) is 36.2 Å². The zero-order valence-corrected chi connectivity index (χ0v) is 20.6. The summed E-state index contributed by atoms with van der Waals surface area (Å²) < 4.78 is 5.46. The van der Waals surface area contributed by atoms with Crippen LogP contribution < -0.4 is 4.74 Å². The minimum absolute atomic E-state index is 0.0157. The quantitative estimate of drug-likeness (QED) is 0.395. The van der Waals surface area contributed by atoms with Gasteiger partial charge in [-0.2, -0.15) is 0 Å². The highest BCUT2D eigenvalue weighted by molar-refractivity contribution is 6.40. The average molecular weight is 484 g/mol. The second kappa shape index (κ2) is 9.70. The van der Waals surface area contributed by atoms with Crippen LogP contribution in [0.25, 0.3) is 22.0 Å². The maximum atomic E-state index is 12.0. The third kappa shape index (κ3) is 4.57. The Balaban J connectivity index is 1.62. The van der Waals surface area contributed by atoms with E-state index < -0.39 is 0 Å². The monoisotopic (exact) mass is 483 g/mol. The van der Waals surface area contributed by atoms with Crippen molar-refractivity contribution in [3.05, 3.63) is 64.6 Å². The molecule has 1 aliphatic heterocycles. The molecule has 0 radical (unpaired) electrons. The van der Waals surface area contributed by atoms with Gasteiger partial charge in [-0.15, -0.1) is 0 Å². The molecule has 2 atom stereocenters. The Bertz CT molecular complexity index is 1200. The van der Waals surface area contributed by atoms with Crippen LogP contribution in [-0.4, -0.2) is 40.5 Å². The Hall–Kier alpha value is -2.63. The summed E-state index contributed by atoms with van der Waals surface area (Å²) in [6.45, 7) is 8.43. The van der Waals surface area contributed by atoms with Crippen molar-refractivity contribution < 1.29 is 9.53 Å². The highest BCUT2D eigenvalue weighted by Crippen LogP contribution is 2.43.